The van der Waals surface area contributed by atoms with Crippen LogP contribution in [0.4, 0.5) is 10.5 Å². The maximum Gasteiger partial charge on any atom is 0.437 e. The quantitative estimate of drug-likeness (QED) is 0.569. The van der Waals surface area contributed by atoms with Gasteiger partial charge in [0.1, 0.15) is 12.4 Å². The van der Waals surface area contributed by atoms with Crippen LogP contribution < -0.4 is 9.75 Å². The van der Waals surface area contributed by atoms with Crippen molar-refractivity contribution in [2.75, 3.05) is 26.2 Å². The smallest absolute Gasteiger partial charge is 0.437 e. The van der Waals surface area contributed by atoms with Crippen LogP contribution in [0.15, 0.2) is 83.9 Å². The first-order valence-electron chi connectivity index (χ1n) is 10.8. The lowest BCUT2D eigenvalue weighted by atomic mass is 10.1. The highest BCUT2D eigenvalue weighted by atomic mass is 16.5. The lowest BCUT2D eigenvalue weighted by Crippen LogP contribution is -2.47. The zero-order valence-corrected chi connectivity index (χ0v) is 19.1. The molecule has 0 N–H and O–H groups in total. The summed E-state index contributed by atoms with van der Waals surface area (Å²) in [5.74, 6) is 1.32. The topological polar surface area (TPSA) is 57.6 Å². The predicted molar refractivity (Wildman–Crippen MR) is 129 cm³/mol. The molecule has 0 aromatic heterocycles. The Labute approximate surface area is 194 Å². The number of carbonyl (C=O) groups is 1. The van der Waals surface area contributed by atoms with Crippen molar-refractivity contribution >= 4 is 17.7 Å². The zero-order valence-electron chi connectivity index (χ0n) is 19.1. The van der Waals surface area contributed by atoms with Gasteiger partial charge in [0.05, 0.1) is 12.8 Å². The summed E-state index contributed by atoms with van der Waals surface area (Å²) >= 11 is 0. The minimum Gasteiger partial charge on any atom is -0.497 e. The van der Waals surface area contributed by atoms with Crippen molar-refractivity contribution in [3.05, 3.63) is 95.6 Å². The van der Waals surface area contributed by atoms with Gasteiger partial charge < -0.3 is 14.4 Å². The van der Waals surface area contributed by atoms with E-state index >= 15 is 0 Å². The first-order chi connectivity index (χ1) is 16.0. The van der Waals surface area contributed by atoms with E-state index in [1.807, 2.05) is 90.8 Å². The maximum absolute atomic E-state index is 12.7. The monoisotopic (exact) mass is 444 g/mol. The molecule has 3 aromatic carbocycles. The Balaban J connectivity index is 1.62. The molecule has 1 aliphatic heterocycles. The van der Waals surface area contributed by atoms with Crippen LogP contribution in [-0.2, 0) is 24.4 Å². The molecule has 33 heavy (non-hydrogen) atoms. The Morgan fingerprint density at radius 2 is 1.58 bits per heavy atom. The third kappa shape index (κ3) is 5.26. The van der Waals surface area contributed by atoms with Gasteiger partial charge in [-0.3, -0.25) is 10.0 Å². The van der Waals surface area contributed by atoms with E-state index in [0.717, 1.165) is 28.1 Å². The number of nitrogens with zero attached hydrogens (tertiary/aromatic N) is 4. The summed E-state index contributed by atoms with van der Waals surface area (Å²) in [7, 11) is 5.50. The fourth-order valence-electron chi connectivity index (χ4n) is 3.79. The van der Waals surface area contributed by atoms with Gasteiger partial charge in [0.2, 0.25) is 5.96 Å². The fraction of sp³-hybridized carbons (Fsp3) is 0.231. The number of amides is 1. The molecule has 0 radical (unpaired) electrons. The average molecular weight is 445 g/mol. The van der Waals surface area contributed by atoms with Gasteiger partial charge in [0.15, 0.2) is 0 Å². The Kier molecular flexibility index (Phi) is 6.78. The van der Waals surface area contributed by atoms with Gasteiger partial charge >= 0.3 is 6.09 Å². The van der Waals surface area contributed by atoms with Crippen LogP contribution in [-0.4, -0.2) is 43.2 Å². The summed E-state index contributed by atoms with van der Waals surface area (Å²) in [6.45, 7) is 1.34. The Bertz CT molecular complexity index is 1120. The van der Waals surface area contributed by atoms with Gasteiger partial charge in [0.25, 0.3) is 0 Å². The number of carbonyl (C=O) groups excluding carboxylic acids is 1. The number of para-hydroxylation sites is 1. The summed E-state index contributed by atoms with van der Waals surface area (Å²) in [4.78, 5) is 19.2. The molecule has 0 fully saturated rings. The van der Waals surface area contributed by atoms with Crippen molar-refractivity contribution in [1.82, 2.24) is 9.91 Å². The van der Waals surface area contributed by atoms with Crippen molar-refractivity contribution in [3.63, 3.8) is 0 Å². The lowest BCUT2D eigenvalue weighted by molar-refractivity contribution is 0.149. The van der Waals surface area contributed by atoms with Gasteiger partial charge in [-0.2, -0.15) is 0 Å². The highest BCUT2D eigenvalue weighted by Gasteiger charge is 2.27. The number of hydrogen-bond acceptors (Lipinski definition) is 4. The first-order valence-corrected chi connectivity index (χ1v) is 10.8. The summed E-state index contributed by atoms with van der Waals surface area (Å²) in [5.41, 5.74) is 4.20. The van der Waals surface area contributed by atoms with E-state index in [4.69, 9.17) is 9.47 Å². The molecule has 7 heteroatoms. The van der Waals surface area contributed by atoms with Crippen LogP contribution in [0.1, 0.15) is 16.7 Å². The van der Waals surface area contributed by atoms with Crippen LogP contribution >= 0.6 is 0 Å². The summed E-state index contributed by atoms with van der Waals surface area (Å²) < 4.78 is 10.7. The van der Waals surface area contributed by atoms with Crippen LogP contribution in [0.2, 0.25) is 0 Å². The van der Waals surface area contributed by atoms with E-state index in [1.165, 1.54) is 0 Å². The van der Waals surface area contributed by atoms with Crippen LogP contribution in [0.3, 0.4) is 0 Å². The number of hydrazine groups is 1. The van der Waals surface area contributed by atoms with Gasteiger partial charge in [-0.15, -0.1) is 4.99 Å². The molecule has 0 unspecified atom stereocenters. The van der Waals surface area contributed by atoms with Crippen molar-refractivity contribution in [2.24, 2.45) is 4.99 Å². The highest BCUT2D eigenvalue weighted by molar-refractivity contribution is 5.91. The fourth-order valence-corrected chi connectivity index (χ4v) is 3.79. The van der Waals surface area contributed by atoms with Crippen LogP contribution in [0, 0.1) is 0 Å². The average Bonchev–Trinajstić information content (AvgIpc) is 2.94. The van der Waals surface area contributed by atoms with Gasteiger partial charge in [0, 0.05) is 27.2 Å². The maximum atomic E-state index is 12.7. The highest BCUT2D eigenvalue weighted by Crippen LogP contribution is 2.27. The van der Waals surface area contributed by atoms with E-state index in [2.05, 4.69) is 22.0 Å². The Morgan fingerprint density at radius 1 is 0.879 bits per heavy atom. The number of rotatable bonds is 5. The molecule has 0 aliphatic carbocycles. The predicted octanol–water partition coefficient (Wildman–Crippen LogP) is 4.69. The van der Waals surface area contributed by atoms with E-state index in [1.54, 1.807) is 7.11 Å². The number of aliphatic imine (C=N–C) groups is 1. The number of fused-ring (bicyclic) bond motifs is 1. The minimum absolute atomic E-state index is 0.175. The van der Waals surface area contributed by atoms with Gasteiger partial charge in [-0.05, 0) is 34.9 Å². The molecule has 170 valence electrons. The zero-order chi connectivity index (χ0) is 23.2. The summed E-state index contributed by atoms with van der Waals surface area (Å²) in [6, 6.07) is 25.7. The van der Waals surface area contributed by atoms with E-state index in [9.17, 15) is 4.79 Å². The Morgan fingerprint density at radius 3 is 2.30 bits per heavy atom. The summed E-state index contributed by atoms with van der Waals surface area (Å²) in [5, 5.41) is 3.87. The van der Waals surface area contributed by atoms with Crippen molar-refractivity contribution in [2.45, 2.75) is 19.7 Å². The van der Waals surface area contributed by atoms with Crippen molar-refractivity contribution in [3.8, 4) is 5.75 Å². The van der Waals surface area contributed by atoms with Crippen molar-refractivity contribution in [1.29, 1.82) is 0 Å². The number of methoxy groups -OCH3 is 1. The number of anilines is 1. The molecule has 0 bridgehead atoms. The minimum atomic E-state index is -0.625. The third-order valence-electron chi connectivity index (χ3n) is 5.65. The van der Waals surface area contributed by atoms with Gasteiger partial charge in [-0.25, -0.2) is 4.79 Å². The van der Waals surface area contributed by atoms with Gasteiger partial charge in [-0.1, -0.05) is 60.7 Å². The molecule has 0 spiro atoms. The molecule has 4 rings (SSSR count). The first kappa shape index (κ1) is 22.2. The third-order valence-corrected chi connectivity index (χ3v) is 5.65. The van der Waals surface area contributed by atoms with Crippen LogP contribution in [0.25, 0.3) is 0 Å². The second kappa shape index (κ2) is 10.1. The molecular formula is C26H28N4O3. The largest absolute Gasteiger partial charge is 0.497 e. The molecule has 1 amide bonds. The normalized spacial score (nSPS) is 14.6. The molecule has 0 atom stereocenters. The van der Waals surface area contributed by atoms with Crippen molar-refractivity contribution < 1.29 is 14.3 Å². The Hall–Kier alpha value is -4.00. The SMILES string of the molecule is COc1ccc(CN2Cc3ccccc3N(C)N(C)C2=NC(=O)OCc2ccccc2)cc1. The molecule has 0 saturated carbocycles. The molecule has 1 aliphatic rings. The van der Waals surface area contributed by atoms with E-state index in [0.29, 0.717) is 19.0 Å². The molecule has 1 heterocycles. The van der Waals surface area contributed by atoms with E-state index < -0.39 is 6.09 Å². The summed E-state index contributed by atoms with van der Waals surface area (Å²) in [6.07, 6.45) is -0.625. The standard InChI is InChI=1S/C26H28N4O3/c1-28-24-12-8-7-11-22(24)18-30(17-20-13-15-23(32-3)16-14-20)25(29(28)2)27-26(31)33-19-21-9-5-4-6-10-21/h4-16H,17-19H2,1-3H3. The number of guanidine groups is 1. The second-order valence-electron chi connectivity index (χ2n) is 7.83. The number of hydrogen-bond donors (Lipinski definition) is 0. The molecule has 7 nitrogen and oxygen atoms in total. The molecular weight excluding hydrogens is 416 g/mol. The van der Waals surface area contributed by atoms with Crippen LogP contribution in [0.5, 0.6) is 5.75 Å². The number of benzene rings is 3. The molecule has 0 saturated heterocycles. The molecule has 3 aromatic rings. The second-order valence-corrected chi connectivity index (χ2v) is 7.83. The number of ether oxygens (including phenoxy) is 2. The lowest BCUT2D eigenvalue weighted by Gasteiger charge is -2.34. The van der Waals surface area contributed by atoms with E-state index in [-0.39, 0.29) is 6.61 Å².